The highest BCUT2D eigenvalue weighted by atomic mass is 79.9. The zero-order valence-electron chi connectivity index (χ0n) is 8.60. The van der Waals surface area contributed by atoms with Crippen molar-refractivity contribution in [1.82, 2.24) is 4.98 Å². The Balaban J connectivity index is 2.51. The standard InChI is InChI=1S/C11H10BrFN2O/c1-2-10(16)15-9-5-14-11-7(9)3-6(12)4-8(11)13/h3-5,14H,2H2,1H3,(H,15,16). The summed E-state index contributed by atoms with van der Waals surface area (Å²) in [4.78, 5) is 14.1. The largest absolute Gasteiger partial charge is 0.357 e. The highest BCUT2D eigenvalue weighted by molar-refractivity contribution is 9.10. The number of hydrogen-bond acceptors (Lipinski definition) is 1. The number of H-pyrrole nitrogens is 1. The Labute approximate surface area is 100 Å². The third kappa shape index (κ3) is 1.95. The monoisotopic (exact) mass is 284 g/mol. The molecule has 0 unspecified atom stereocenters. The third-order valence-corrected chi connectivity index (χ3v) is 2.76. The van der Waals surface area contributed by atoms with Crippen molar-refractivity contribution in [3.05, 3.63) is 28.6 Å². The number of halogens is 2. The lowest BCUT2D eigenvalue weighted by atomic mass is 10.2. The van der Waals surface area contributed by atoms with Gasteiger partial charge in [0.15, 0.2) is 0 Å². The van der Waals surface area contributed by atoms with Crippen LogP contribution in [0.4, 0.5) is 10.1 Å². The van der Waals surface area contributed by atoms with E-state index in [9.17, 15) is 9.18 Å². The fourth-order valence-electron chi connectivity index (χ4n) is 1.50. The molecule has 0 aliphatic carbocycles. The van der Waals surface area contributed by atoms with Gasteiger partial charge in [0.1, 0.15) is 5.82 Å². The van der Waals surface area contributed by atoms with E-state index in [-0.39, 0.29) is 11.7 Å². The molecule has 0 atom stereocenters. The fourth-order valence-corrected chi connectivity index (χ4v) is 1.93. The van der Waals surface area contributed by atoms with Crippen LogP contribution in [-0.2, 0) is 4.79 Å². The van der Waals surface area contributed by atoms with Gasteiger partial charge in [-0.2, -0.15) is 0 Å². The van der Waals surface area contributed by atoms with E-state index in [4.69, 9.17) is 0 Å². The van der Waals surface area contributed by atoms with Gasteiger partial charge in [0.2, 0.25) is 5.91 Å². The van der Waals surface area contributed by atoms with Gasteiger partial charge in [-0.1, -0.05) is 22.9 Å². The van der Waals surface area contributed by atoms with E-state index >= 15 is 0 Å². The third-order valence-electron chi connectivity index (χ3n) is 2.30. The van der Waals surface area contributed by atoms with Crippen molar-refractivity contribution in [1.29, 1.82) is 0 Å². The van der Waals surface area contributed by atoms with Crippen molar-refractivity contribution in [2.24, 2.45) is 0 Å². The first-order valence-electron chi connectivity index (χ1n) is 4.87. The van der Waals surface area contributed by atoms with Crippen molar-refractivity contribution in [2.75, 3.05) is 5.32 Å². The first kappa shape index (κ1) is 11.1. The lowest BCUT2D eigenvalue weighted by Gasteiger charge is -2.01. The minimum absolute atomic E-state index is 0.0960. The summed E-state index contributed by atoms with van der Waals surface area (Å²) in [5, 5.41) is 3.37. The summed E-state index contributed by atoms with van der Waals surface area (Å²) in [5.41, 5.74) is 0.997. The number of aromatic amines is 1. The molecule has 0 saturated carbocycles. The predicted molar refractivity (Wildman–Crippen MR) is 64.9 cm³/mol. The van der Waals surface area contributed by atoms with Crippen molar-refractivity contribution >= 4 is 38.4 Å². The Morgan fingerprint density at radius 1 is 1.56 bits per heavy atom. The normalized spacial score (nSPS) is 10.7. The average molecular weight is 285 g/mol. The van der Waals surface area contributed by atoms with E-state index in [2.05, 4.69) is 26.2 Å². The second-order valence-electron chi connectivity index (χ2n) is 3.41. The first-order valence-corrected chi connectivity index (χ1v) is 5.67. The quantitative estimate of drug-likeness (QED) is 0.872. The molecule has 2 N–H and O–H groups in total. The maximum absolute atomic E-state index is 13.5. The molecule has 1 heterocycles. The molecule has 16 heavy (non-hydrogen) atoms. The Morgan fingerprint density at radius 3 is 3.00 bits per heavy atom. The number of nitrogens with one attached hydrogen (secondary N) is 2. The second-order valence-corrected chi connectivity index (χ2v) is 4.33. The van der Waals surface area contributed by atoms with E-state index in [0.29, 0.717) is 27.5 Å². The predicted octanol–water partition coefficient (Wildman–Crippen LogP) is 3.42. The molecule has 0 radical (unpaired) electrons. The van der Waals surface area contributed by atoms with Crippen LogP contribution in [0.1, 0.15) is 13.3 Å². The zero-order chi connectivity index (χ0) is 11.7. The van der Waals surface area contributed by atoms with Gasteiger partial charge in [-0.3, -0.25) is 4.79 Å². The summed E-state index contributed by atoms with van der Waals surface area (Å²) in [6.07, 6.45) is 1.98. The summed E-state index contributed by atoms with van der Waals surface area (Å²) in [6, 6.07) is 3.14. The van der Waals surface area contributed by atoms with E-state index in [0.717, 1.165) is 0 Å². The highest BCUT2D eigenvalue weighted by Crippen LogP contribution is 2.28. The molecule has 2 rings (SSSR count). The summed E-state index contributed by atoms with van der Waals surface area (Å²) >= 11 is 3.22. The number of rotatable bonds is 2. The van der Waals surface area contributed by atoms with E-state index in [1.54, 1.807) is 19.2 Å². The molecule has 3 nitrogen and oxygen atoms in total. The second kappa shape index (κ2) is 4.25. The molecular weight excluding hydrogens is 275 g/mol. The lowest BCUT2D eigenvalue weighted by molar-refractivity contribution is -0.115. The smallest absolute Gasteiger partial charge is 0.224 e. The number of amides is 1. The van der Waals surface area contributed by atoms with E-state index in [1.165, 1.54) is 6.07 Å². The molecule has 0 bridgehead atoms. The Bertz CT molecular complexity index is 550. The molecule has 0 aliphatic rings. The number of hydrogen-bond donors (Lipinski definition) is 2. The van der Waals surface area contributed by atoms with Gasteiger partial charge in [-0.15, -0.1) is 0 Å². The van der Waals surface area contributed by atoms with Crippen LogP contribution in [0.25, 0.3) is 10.9 Å². The SMILES string of the molecule is CCC(=O)Nc1c[nH]c2c(F)cc(Br)cc12. The minimum atomic E-state index is -0.346. The summed E-state index contributed by atoms with van der Waals surface area (Å²) in [7, 11) is 0. The number of carbonyl (C=O) groups is 1. The molecule has 0 fully saturated rings. The fraction of sp³-hybridized carbons (Fsp3) is 0.182. The van der Waals surface area contributed by atoms with Gasteiger partial charge in [0, 0.05) is 22.5 Å². The van der Waals surface area contributed by atoms with Gasteiger partial charge in [-0.05, 0) is 12.1 Å². The van der Waals surface area contributed by atoms with Crippen LogP contribution < -0.4 is 5.32 Å². The van der Waals surface area contributed by atoms with Crippen LogP contribution >= 0.6 is 15.9 Å². The van der Waals surface area contributed by atoms with E-state index < -0.39 is 0 Å². The van der Waals surface area contributed by atoms with Crippen LogP contribution in [0.15, 0.2) is 22.8 Å². The molecule has 5 heteroatoms. The van der Waals surface area contributed by atoms with Gasteiger partial charge >= 0.3 is 0 Å². The molecular formula is C11H10BrFN2O. The number of carbonyl (C=O) groups excluding carboxylic acids is 1. The summed E-state index contributed by atoms with van der Waals surface area (Å²) in [6.45, 7) is 1.76. The Kier molecular flexibility index (Phi) is 2.96. The van der Waals surface area contributed by atoms with Crippen LogP contribution in [-0.4, -0.2) is 10.9 Å². The molecule has 0 spiro atoms. The van der Waals surface area contributed by atoms with E-state index in [1.807, 2.05) is 0 Å². The zero-order valence-corrected chi connectivity index (χ0v) is 10.2. The van der Waals surface area contributed by atoms with Crippen molar-refractivity contribution in [2.45, 2.75) is 13.3 Å². The van der Waals surface area contributed by atoms with Gasteiger partial charge in [-0.25, -0.2) is 4.39 Å². The van der Waals surface area contributed by atoms with Crippen molar-refractivity contribution in [3.63, 3.8) is 0 Å². The molecule has 84 valence electrons. The lowest BCUT2D eigenvalue weighted by Crippen LogP contribution is -2.08. The Morgan fingerprint density at radius 2 is 2.31 bits per heavy atom. The number of fused-ring (bicyclic) bond motifs is 1. The number of benzene rings is 1. The topological polar surface area (TPSA) is 44.9 Å². The highest BCUT2D eigenvalue weighted by Gasteiger charge is 2.10. The van der Waals surface area contributed by atoms with Gasteiger partial charge < -0.3 is 10.3 Å². The molecule has 0 aliphatic heterocycles. The van der Waals surface area contributed by atoms with Gasteiger partial charge in [0.25, 0.3) is 0 Å². The molecule has 1 aromatic carbocycles. The number of aromatic nitrogens is 1. The van der Waals surface area contributed by atoms with Gasteiger partial charge in [0.05, 0.1) is 11.2 Å². The van der Waals surface area contributed by atoms with Crippen LogP contribution in [0.2, 0.25) is 0 Å². The number of anilines is 1. The maximum atomic E-state index is 13.5. The Hall–Kier alpha value is -1.36. The van der Waals surface area contributed by atoms with Crippen LogP contribution in [0.5, 0.6) is 0 Å². The van der Waals surface area contributed by atoms with Crippen LogP contribution in [0.3, 0.4) is 0 Å². The molecule has 2 aromatic rings. The van der Waals surface area contributed by atoms with Crippen molar-refractivity contribution in [3.8, 4) is 0 Å². The maximum Gasteiger partial charge on any atom is 0.224 e. The summed E-state index contributed by atoms with van der Waals surface area (Å²) in [5.74, 6) is -0.442. The molecule has 0 saturated heterocycles. The van der Waals surface area contributed by atoms with Crippen molar-refractivity contribution < 1.29 is 9.18 Å². The average Bonchev–Trinajstić information content (AvgIpc) is 2.61. The first-order chi connectivity index (χ1) is 7.61. The molecule has 1 aromatic heterocycles. The van der Waals surface area contributed by atoms with Crippen LogP contribution in [0, 0.1) is 5.82 Å². The minimum Gasteiger partial charge on any atom is -0.357 e. The molecule has 1 amide bonds. The summed E-state index contributed by atoms with van der Waals surface area (Å²) < 4.78 is 14.1.